The molecule has 0 heterocycles. The Hall–Kier alpha value is -1.94. The summed E-state index contributed by atoms with van der Waals surface area (Å²) >= 11 is 0. The molecule has 5 atom stereocenters. The van der Waals surface area contributed by atoms with Crippen molar-refractivity contribution in [2.45, 2.75) is 414 Å². The fourth-order valence-corrected chi connectivity index (χ4v) is 13.5. The van der Waals surface area contributed by atoms with E-state index in [1.165, 1.54) is 193 Å². The molecule has 576 valence electrons. The summed E-state index contributed by atoms with van der Waals surface area (Å²) in [6, 6.07) is 0. The molecule has 3 N–H and O–H groups in total. The Labute approximate surface area is 594 Å². The summed E-state index contributed by atoms with van der Waals surface area (Å²) in [6.45, 7) is 14.2. The number of ether oxygens (including phenoxy) is 4. The average Bonchev–Trinajstić information content (AvgIpc) is 1.43. The lowest BCUT2D eigenvalue weighted by Crippen LogP contribution is -2.30. The molecule has 0 saturated carbocycles. The largest absolute Gasteiger partial charge is 0.472 e. The van der Waals surface area contributed by atoms with Gasteiger partial charge >= 0.3 is 39.5 Å². The van der Waals surface area contributed by atoms with Gasteiger partial charge in [-0.25, -0.2) is 9.13 Å². The van der Waals surface area contributed by atoms with Gasteiger partial charge in [0.1, 0.15) is 19.3 Å². The highest BCUT2D eigenvalue weighted by Gasteiger charge is 2.30. The lowest BCUT2D eigenvalue weighted by Gasteiger charge is -2.21. The molecular weight excluding hydrogens is 1270 g/mol. The SMILES string of the molecule is CC(C)CCCCCCCCCCCCCCCCC(=O)O[C@H](COC(=O)CCCCCCCCCCCCCC(C)C)COP(=O)(O)OCC(O)COP(=O)(O)OC[C@@H](COC(=O)CCCCCCCCCC(C)C)OC(=O)CCCCCCCCCCCCCCCC(C)C. The molecule has 0 amide bonds. The Bertz CT molecular complexity index is 1900. The number of aliphatic hydroxyl groups excluding tert-OH is 1. The van der Waals surface area contributed by atoms with Crippen LogP contribution in [-0.2, 0) is 65.4 Å². The first-order valence-corrected chi connectivity index (χ1v) is 43.2. The van der Waals surface area contributed by atoms with Crippen molar-refractivity contribution < 1.29 is 80.2 Å². The first-order chi connectivity index (χ1) is 46.6. The maximum atomic E-state index is 13.1. The molecule has 0 aliphatic carbocycles. The van der Waals surface area contributed by atoms with E-state index in [9.17, 15) is 43.2 Å². The highest BCUT2D eigenvalue weighted by atomic mass is 31.2. The monoisotopic (exact) mass is 1420 g/mol. The summed E-state index contributed by atoms with van der Waals surface area (Å²) in [5.74, 6) is 0.940. The Morgan fingerprint density at radius 3 is 0.639 bits per heavy atom. The first-order valence-electron chi connectivity index (χ1n) is 40.2. The van der Waals surface area contributed by atoms with Crippen LogP contribution < -0.4 is 0 Å². The molecule has 0 radical (unpaired) electrons. The van der Waals surface area contributed by atoms with Gasteiger partial charge in [0, 0.05) is 25.7 Å². The number of esters is 4. The van der Waals surface area contributed by atoms with E-state index in [-0.39, 0.29) is 25.7 Å². The van der Waals surface area contributed by atoms with Crippen LogP contribution in [0, 0.1) is 23.7 Å². The molecule has 0 aliphatic heterocycles. The Morgan fingerprint density at radius 1 is 0.258 bits per heavy atom. The number of hydrogen-bond donors (Lipinski definition) is 3. The van der Waals surface area contributed by atoms with Gasteiger partial charge in [0.2, 0.25) is 0 Å². The molecule has 0 saturated heterocycles. The van der Waals surface area contributed by atoms with E-state index in [1.807, 2.05) is 0 Å². The summed E-state index contributed by atoms with van der Waals surface area (Å²) in [4.78, 5) is 72.9. The van der Waals surface area contributed by atoms with Crippen molar-refractivity contribution in [1.82, 2.24) is 0 Å². The fraction of sp³-hybridized carbons (Fsp3) is 0.949. The van der Waals surface area contributed by atoms with Gasteiger partial charge in [-0.3, -0.25) is 37.3 Å². The number of hydrogen-bond acceptors (Lipinski definition) is 15. The predicted molar refractivity (Wildman–Crippen MR) is 395 cm³/mol. The number of carbonyl (C=O) groups is 4. The third-order valence-electron chi connectivity index (χ3n) is 18.1. The molecule has 0 fully saturated rings. The third-order valence-corrected chi connectivity index (χ3v) is 20.0. The molecule has 0 rings (SSSR count). The predicted octanol–water partition coefficient (Wildman–Crippen LogP) is 22.8. The van der Waals surface area contributed by atoms with Gasteiger partial charge < -0.3 is 33.8 Å². The van der Waals surface area contributed by atoms with Gasteiger partial charge in [0.05, 0.1) is 26.4 Å². The minimum Gasteiger partial charge on any atom is -0.462 e. The molecule has 17 nitrogen and oxygen atoms in total. The molecule has 0 aliphatic rings. The smallest absolute Gasteiger partial charge is 0.462 e. The van der Waals surface area contributed by atoms with Crippen molar-refractivity contribution in [3.63, 3.8) is 0 Å². The van der Waals surface area contributed by atoms with E-state index in [4.69, 9.17) is 37.0 Å². The van der Waals surface area contributed by atoms with Gasteiger partial charge in [0.25, 0.3) is 0 Å². The van der Waals surface area contributed by atoms with Crippen LogP contribution >= 0.6 is 15.6 Å². The van der Waals surface area contributed by atoms with E-state index < -0.39 is 97.5 Å². The molecule has 19 heteroatoms. The molecule has 0 spiro atoms. The minimum absolute atomic E-state index is 0.106. The number of carbonyl (C=O) groups excluding carboxylic acids is 4. The summed E-state index contributed by atoms with van der Waals surface area (Å²) in [5, 5.41) is 10.6. The minimum atomic E-state index is -4.96. The van der Waals surface area contributed by atoms with Crippen molar-refractivity contribution in [3.05, 3.63) is 0 Å². The van der Waals surface area contributed by atoms with E-state index in [2.05, 4.69) is 55.4 Å². The average molecular weight is 1420 g/mol. The van der Waals surface area contributed by atoms with Crippen molar-refractivity contribution in [3.8, 4) is 0 Å². The maximum Gasteiger partial charge on any atom is 0.472 e. The third kappa shape index (κ3) is 72.2. The van der Waals surface area contributed by atoms with Crippen LogP contribution in [-0.4, -0.2) is 96.7 Å². The van der Waals surface area contributed by atoms with Crippen molar-refractivity contribution in [2.24, 2.45) is 23.7 Å². The molecule has 0 aromatic carbocycles. The Kier molecular flexibility index (Phi) is 65.9. The van der Waals surface area contributed by atoms with E-state index in [0.717, 1.165) is 114 Å². The normalized spacial score (nSPS) is 14.1. The van der Waals surface area contributed by atoms with Gasteiger partial charge in [0.15, 0.2) is 12.2 Å². The van der Waals surface area contributed by atoms with Crippen LogP contribution in [0.4, 0.5) is 0 Å². The number of unbranched alkanes of at least 4 members (excludes halogenated alkanes) is 41. The maximum absolute atomic E-state index is 13.1. The molecule has 3 unspecified atom stereocenters. The zero-order valence-corrected chi connectivity index (χ0v) is 65.5. The first kappa shape index (κ1) is 95.1. The Morgan fingerprint density at radius 2 is 0.433 bits per heavy atom. The Balaban J connectivity index is 5.25. The lowest BCUT2D eigenvalue weighted by molar-refractivity contribution is -0.161. The molecule has 0 bridgehead atoms. The zero-order chi connectivity index (χ0) is 71.7. The van der Waals surface area contributed by atoms with Gasteiger partial charge in [-0.1, -0.05) is 344 Å². The van der Waals surface area contributed by atoms with Crippen LogP contribution in [0.5, 0.6) is 0 Å². The van der Waals surface area contributed by atoms with Crippen LogP contribution in [0.15, 0.2) is 0 Å². The van der Waals surface area contributed by atoms with E-state index in [0.29, 0.717) is 31.6 Å². The van der Waals surface area contributed by atoms with Crippen LogP contribution in [0.2, 0.25) is 0 Å². The molecule has 0 aromatic rings. The van der Waals surface area contributed by atoms with Gasteiger partial charge in [-0.05, 0) is 49.4 Å². The zero-order valence-electron chi connectivity index (χ0n) is 63.7. The topological polar surface area (TPSA) is 237 Å². The molecule has 97 heavy (non-hydrogen) atoms. The van der Waals surface area contributed by atoms with Gasteiger partial charge in [-0.15, -0.1) is 0 Å². The molecular formula is C78H152O17P2. The van der Waals surface area contributed by atoms with E-state index >= 15 is 0 Å². The number of phosphoric acid groups is 2. The fourth-order valence-electron chi connectivity index (χ4n) is 11.9. The quantitative estimate of drug-likeness (QED) is 0.0222. The second kappa shape index (κ2) is 67.2. The summed E-state index contributed by atoms with van der Waals surface area (Å²) < 4.78 is 68.6. The standard InChI is InChI=1S/C78H152O17P2/c1-68(2)54-46-38-30-23-17-12-9-10-14-20-27-35-44-52-60-77(82)94-73(64-88-75(80)58-50-42-34-26-22-16-19-25-32-40-48-56-70(5)6)66-92-96(84,85)90-62-72(79)63-91-97(86,87)93-67-74(65-89-76(81)59-51-43-37-29-33-41-49-57-71(7)8)95-78(83)61-53-45-36-28-21-15-11-13-18-24-31-39-47-55-69(3)4/h68-74,79H,9-67H2,1-8H3,(H,84,85)(H,86,87)/t72?,73-,74-/m1/s1. The van der Waals surface area contributed by atoms with Crippen LogP contribution in [0.25, 0.3) is 0 Å². The summed E-state index contributed by atoms with van der Waals surface area (Å²) in [5.41, 5.74) is 0. The van der Waals surface area contributed by atoms with Crippen LogP contribution in [0.1, 0.15) is 396 Å². The number of aliphatic hydroxyl groups is 1. The second-order valence-corrected chi connectivity index (χ2v) is 32.9. The van der Waals surface area contributed by atoms with Crippen molar-refractivity contribution in [1.29, 1.82) is 0 Å². The highest BCUT2D eigenvalue weighted by molar-refractivity contribution is 7.47. The summed E-state index contributed by atoms with van der Waals surface area (Å²) in [6.07, 6.45) is 52.7. The molecule has 0 aromatic heterocycles. The van der Waals surface area contributed by atoms with Crippen LogP contribution in [0.3, 0.4) is 0 Å². The number of rotatable bonds is 75. The lowest BCUT2D eigenvalue weighted by atomic mass is 10.0. The van der Waals surface area contributed by atoms with Gasteiger partial charge in [-0.2, -0.15) is 0 Å². The summed E-state index contributed by atoms with van der Waals surface area (Å²) in [7, 11) is -9.92. The second-order valence-electron chi connectivity index (χ2n) is 30.0. The van der Waals surface area contributed by atoms with E-state index in [1.54, 1.807) is 0 Å². The number of phosphoric ester groups is 2. The van der Waals surface area contributed by atoms with Crippen molar-refractivity contribution in [2.75, 3.05) is 39.6 Å². The highest BCUT2D eigenvalue weighted by Crippen LogP contribution is 2.45. The van der Waals surface area contributed by atoms with Crippen molar-refractivity contribution >= 4 is 39.5 Å².